The van der Waals surface area contributed by atoms with Gasteiger partial charge in [0.05, 0.1) is 19.1 Å². The van der Waals surface area contributed by atoms with Crippen molar-refractivity contribution in [1.82, 2.24) is 0 Å². The van der Waals surface area contributed by atoms with Crippen molar-refractivity contribution < 1.29 is 18.8 Å². The van der Waals surface area contributed by atoms with Crippen molar-refractivity contribution in [2.24, 2.45) is 5.92 Å². The van der Waals surface area contributed by atoms with Gasteiger partial charge in [-0.3, -0.25) is 4.79 Å². The minimum Gasteiger partial charge on any atom is -0.454 e. The van der Waals surface area contributed by atoms with E-state index < -0.39 is 6.04 Å². The molecule has 5 atom stereocenters. The Balaban J connectivity index is 1.25. The van der Waals surface area contributed by atoms with E-state index >= 15 is 0 Å². The number of carbonyl (C=O) groups is 2. The molecule has 0 amide bonds. The van der Waals surface area contributed by atoms with Crippen LogP contribution in [-0.2, 0) is 9.53 Å². The largest absolute Gasteiger partial charge is 0.454 e. The molecule has 3 fully saturated rings. The fourth-order valence-electron chi connectivity index (χ4n) is 6.26. The van der Waals surface area contributed by atoms with Crippen LogP contribution in [0.4, 0.5) is 5.69 Å². The smallest absolute Gasteiger partial charge is 0.333 e. The number of nitrogens with one attached hydrogen (secondary N) is 1. The standard InChI is InChI=1S/C32H37N2O3/c1-24-22-27-19-21-34(24,20-11-18-29(35)25-12-5-2-6-13-25)23-30(27)37-32(36)31(26-14-7-3-8-15-26)33-28-16-9-4-10-17-28/h2-10,12-17,24,27,30-31,33H,11,18-23H2,1H3/q+1. The molecule has 6 rings (SSSR count). The number of quaternary nitrogens is 1. The van der Waals surface area contributed by atoms with Crippen LogP contribution in [0.3, 0.4) is 0 Å². The van der Waals surface area contributed by atoms with E-state index in [0.29, 0.717) is 18.4 Å². The molecular formula is C32H37N2O3+. The van der Waals surface area contributed by atoms with Crippen LogP contribution >= 0.6 is 0 Å². The van der Waals surface area contributed by atoms with Crippen LogP contribution < -0.4 is 5.32 Å². The first-order valence-electron chi connectivity index (χ1n) is 13.6. The van der Waals surface area contributed by atoms with Gasteiger partial charge in [-0.1, -0.05) is 78.9 Å². The molecule has 5 heteroatoms. The zero-order valence-corrected chi connectivity index (χ0v) is 21.6. The molecule has 0 radical (unpaired) electrons. The molecule has 37 heavy (non-hydrogen) atoms. The second kappa shape index (κ2) is 11.3. The third-order valence-electron chi connectivity index (χ3n) is 8.42. The van der Waals surface area contributed by atoms with Crippen LogP contribution in [-0.4, -0.2) is 48.0 Å². The molecule has 5 unspecified atom stereocenters. The summed E-state index contributed by atoms with van der Waals surface area (Å²) in [4.78, 5) is 26.3. The van der Waals surface area contributed by atoms with Crippen molar-refractivity contribution in [2.75, 3.05) is 25.0 Å². The fraction of sp³-hybridized carbons (Fsp3) is 0.375. The monoisotopic (exact) mass is 497 g/mol. The highest BCUT2D eigenvalue weighted by molar-refractivity contribution is 5.95. The summed E-state index contributed by atoms with van der Waals surface area (Å²) in [7, 11) is 0. The van der Waals surface area contributed by atoms with Gasteiger partial charge in [-0.2, -0.15) is 0 Å². The first-order chi connectivity index (χ1) is 18.0. The quantitative estimate of drug-likeness (QED) is 0.211. The van der Waals surface area contributed by atoms with E-state index in [1.165, 1.54) is 0 Å². The van der Waals surface area contributed by atoms with Crippen LogP contribution in [0, 0.1) is 5.92 Å². The number of hydrogen-bond acceptors (Lipinski definition) is 4. The molecule has 1 N–H and O–H groups in total. The minimum absolute atomic E-state index is 0.0916. The van der Waals surface area contributed by atoms with Gasteiger partial charge in [0.2, 0.25) is 0 Å². The highest BCUT2D eigenvalue weighted by atomic mass is 16.5. The number of para-hydroxylation sites is 1. The summed E-state index contributed by atoms with van der Waals surface area (Å²) < 4.78 is 7.24. The average Bonchev–Trinajstić information content (AvgIpc) is 2.94. The molecule has 3 saturated heterocycles. The highest BCUT2D eigenvalue weighted by Crippen LogP contribution is 2.40. The fourth-order valence-corrected chi connectivity index (χ4v) is 6.26. The van der Waals surface area contributed by atoms with Crippen molar-refractivity contribution >= 4 is 17.4 Å². The minimum atomic E-state index is -0.562. The number of nitrogens with zero attached hydrogens (tertiary/aromatic N) is 1. The summed E-state index contributed by atoms with van der Waals surface area (Å²) in [6.07, 6.45) is 3.45. The van der Waals surface area contributed by atoms with Crippen LogP contribution in [0.1, 0.15) is 54.6 Å². The van der Waals surface area contributed by atoms with Crippen molar-refractivity contribution in [3.63, 3.8) is 0 Å². The van der Waals surface area contributed by atoms with E-state index in [1.807, 2.05) is 91.0 Å². The first kappa shape index (κ1) is 25.2. The number of ketones is 1. The maximum absolute atomic E-state index is 13.6. The summed E-state index contributed by atoms with van der Waals surface area (Å²) in [5.41, 5.74) is 2.58. The van der Waals surface area contributed by atoms with E-state index in [2.05, 4.69) is 12.2 Å². The Morgan fingerprint density at radius 1 is 0.946 bits per heavy atom. The summed E-state index contributed by atoms with van der Waals surface area (Å²) in [5, 5.41) is 3.39. The third-order valence-corrected chi connectivity index (χ3v) is 8.42. The molecule has 5 nitrogen and oxygen atoms in total. The molecule has 3 aliphatic heterocycles. The Hall–Kier alpha value is -3.44. The SMILES string of the molecule is CC1CC2CC[N+]1(CCCC(=O)c1ccccc1)CC2OC(=O)C(Nc1ccccc1)c1ccccc1. The topological polar surface area (TPSA) is 55.4 Å². The van der Waals surface area contributed by atoms with Crippen molar-refractivity contribution in [3.8, 4) is 0 Å². The van der Waals surface area contributed by atoms with Gasteiger partial charge < -0.3 is 14.5 Å². The van der Waals surface area contributed by atoms with Crippen molar-refractivity contribution in [1.29, 1.82) is 0 Å². The molecule has 0 aliphatic carbocycles. The number of piperidine rings is 3. The summed E-state index contributed by atoms with van der Waals surface area (Å²) in [5.74, 6) is 0.385. The lowest BCUT2D eigenvalue weighted by atomic mass is 9.78. The molecule has 3 aromatic carbocycles. The van der Waals surface area contributed by atoms with Gasteiger partial charge in [0.1, 0.15) is 6.54 Å². The van der Waals surface area contributed by atoms with Gasteiger partial charge in [-0.05, 0) is 24.6 Å². The average molecular weight is 498 g/mol. The summed E-state index contributed by atoms with van der Waals surface area (Å²) >= 11 is 0. The van der Waals surface area contributed by atoms with Crippen molar-refractivity contribution in [3.05, 3.63) is 102 Å². The van der Waals surface area contributed by atoms with Gasteiger partial charge in [-0.25, -0.2) is 4.79 Å². The Kier molecular flexibility index (Phi) is 7.71. The van der Waals surface area contributed by atoms with Gasteiger partial charge >= 0.3 is 5.97 Å². The summed E-state index contributed by atoms with van der Waals surface area (Å²) in [6.45, 7) is 5.21. The lowest BCUT2D eigenvalue weighted by molar-refractivity contribution is -0.967. The van der Waals surface area contributed by atoms with Gasteiger partial charge in [-0.15, -0.1) is 0 Å². The predicted molar refractivity (Wildman–Crippen MR) is 146 cm³/mol. The molecule has 0 saturated carbocycles. The lowest BCUT2D eigenvalue weighted by Gasteiger charge is -2.56. The Morgan fingerprint density at radius 3 is 2.27 bits per heavy atom. The third kappa shape index (κ3) is 5.78. The number of ether oxygens (including phenoxy) is 1. The predicted octanol–water partition coefficient (Wildman–Crippen LogP) is 6.04. The Labute approximate surface area is 220 Å². The number of esters is 1. The molecule has 0 spiro atoms. The Morgan fingerprint density at radius 2 is 1.59 bits per heavy atom. The molecule has 2 bridgehead atoms. The number of fused-ring (bicyclic) bond motifs is 3. The normalized spacial score (nSPS) is 25.3. The zero-order valence-electron chi connectivity index (χ0n) is 21.6. The number of anilines is 1. The van der Waals surface area contributed by atoms with Crippen LogP contribution in [0.2, 0.25) is 0 Å². The van der Waals surface area contributed by atoms with Crippen LogP contribution in [0.15, 0.2) is 91.0 Å². The zero-order chi connectivity index (χ0) is 25.7. The molecule has 3 aromatic rings. The number of Topliss-reactive ketones (excluding diaryl/α,β-unsaturated/α-hetero) is 1. The van der Waals surface area contributed by atoms with Gasteiger partial charge in [0.25, 0.3) is 0 Å². The van der Waals surface area contributed by atoms with Gasteiger partial charge in [0.15, 0.2) is 17.9 Å². The van der Waals surface area contributed by atoms with Crippen LogP contribution in [0.5, 0.6) is 0 Å². The number of hydrogen-bond donors (Lipinski definition) is 1. The van der Waals surface area contributed by atoms with E-state index in [-0.39, 0.29) is 17.9 Å². The number of carbonyl (C=O) groups excluding carboxylic acids is 2. The van der Waals surface area contributed by atoms with Gasteiger partial charge in [0, 0.05) is 42.9 Å². The first-order valence-corrected chi connectivity index (χ1v) is 13.6. The molecule has 0 aromatic heterocycles. The maximum atomic E-state index is 13.6. The Bertz CT molecular complexity index is 1180. The second-order valence-corrected chi connectivity index (χ2v) is 10.7. The van der Waals surface area contributed by atoms with E-state index in [4.69, 9.17) is 4.74 Å². The lowest BCUT2D eigenvalue weighted by Crippen LogP contribution is -2.68. The maximum Gasteiger partial charge on any atom is 0.333 e. The molecule has 3 heterocycles. The highest BCUT2D eigenvalue weighted by Gasteiger charge is 2.51. The number of rotatable bonds is 10. The van der Waals surface area contributed by atoms with E-state index in [9.17, 15) is 9.59 Å². The van der Waals surface area contributed by atoms with E-state index in [1.54, 1.807) is 0 Å². The van der Waals surface area contributed by atoms with Crippen molar-refractivity contribution in [2.45, 2.75) is 50.8 Å². The summed E-state index contributed by atoms with van der Waals surface area (Å²) in [6, 6.07) is 29.1. The molecular weight excluding hydrogens is 460 g/mol. The van der Waals surface area contributed by atoms with Crippen LogP contribution in [0.25, 0.3) is 0 Å². The van der Waals surface area contributed by atoms with E-state index in [0.717, 1.165) is 60.2 Å². The molecule has 3 aliphatic rings. The molecule has 192 valence electrons. The second-order valence-electron chi connectivity index (χ2n) is 10.7. The number of benzene rings is 3.